The number of ether oxygens (including phenoxy) is 1. The molecule has 1 aromatic carbocycles. The van der Waals surface area contributed by atoms with Gasteiger partial charge in [0.25, 0.3) is 11.5 Å². The summed E-state index contributed by atoms with van der Waals surface area (Å²) in [6, 6.07) is 11.1. The van der Waals surface area contributed by atoms with E-state index in [9.17, 15) is 9.59 Å². The third kappa shape index (κ3) is 2.76. The lowest BCUT2D eigenvalue weighted by atomic mass is 9.98. The van der Waals surface area contributed by atoms with E-state index in [1.54, 1.807) is 26.4 Å². The highest BCUT2D eigenvalue weighted by atomic mass is 16.5. The van der Waals surface area contributed by atoms with Gasteiger partial charge in [-0.1, -0.05) is 0 Å². The van der Waals surface area contributed by atoms with Gasteiger partial charge in [0.15, 0.2) is 0 Å². The molecule has 0 unspecified atom stereocenters. The van der Waals surface area contributed by atoms with Crippen molar-refractivity contribution >= 4 is 5.91 Å². The number of aromatic nitrogens is 3. The van der Waals surface area contributed by atoms with Crippen LogP contribution in [0.4, 0.5) is 0 Å². The van der Waals surface area contributed by atoms with Crippen LogP contribution in [0.1, 0.15) is 40.5 Å². The van der Waals surface area contributed by atoms with Gasteiger partial charge in [-0.15, -0.1) is 0 Å². The van der Waals surface area contributed by atoms with Crippen molar-refractivity contribution in [3.63, 3.8) is 0 Å². The van der Waals surface area contributed by atoms with Gasteiger partial charge in [0, 0.05) is 42.9 Å². The normalized spacial score (nSPS) is 19.9. The van der Waals surface area contributed by atoms with E-state index in [0.717, 1.165) is 42.0 Å². The van der Waals surface area contributed by atoms with Crippen molar-refractivity contribution in [2.75, 3.05) is 7.11 Å². The Balaban J connectivity index is 1.49. The van der Waals surface area contributed by atoms with Crippen LogP contribution in [0, 0.1) is 0 Å². The van der Waals surface area contributed by atoms with Crippen molar-refractivity contribution in [1.29, 1.82) is 0 Å². The van der Waals surface area contributed by atoms with Gasteiger partial charge >= 0.3 is 0 Å². The number of benzene rings is 1. The fourth-order valence-corrected chi connectivity index (χ4v) is 4.56. The molecule has 7 nitrogen and oxygen atoms in total. The van der Waals surface area contributed by atoms with E-state index in [0.29, 0.717) is 5.56 Å². The van der Waals surface area contributed by atoms with Crippen molar-refractivity contribution < 1.29 is 9.53 Å². The van der Waals surface area contributed by atoms with Gasteiger partial charge in [0.1, 0.15) is 5.75 Å². The first-order valence-electron chi connectivity index (χ1n) is 9.77. The molecule has 29 heavy (non-hydrogen) atoms. The number of hydrogen-bond donors (Lipinski definition) is 0. The van der Waals surface area contributed by atoms with Crippen LogP contribution in [0.2, 0.25) is 0 Å². The highest BCUT2D eigenvalue weighted by molar-refractivity contribution is 5.95. The van der Waals surface area contributed by atoms with Gasteiger partial charge < -0.3 is 14.2 Å². The van der Waals surface area contributed by atoms with Crippen molar-refractivity contribution in [3.05, 3.63) is 76.0 Å². The van der Waals surface area contributed by atoms with Gasteiger partial charge in [0.2, 0.25) is 0 Å². The number of carbonyl (C=O) groups excluding carboxylic acids is 1. The molecule has 2 aliphatic rings. The molecule has 0 N–H and O–H groups in total. The molecule has 1 saturated heterocycles. The van der Waals surface area contributed by atoms with Crippen molar-refractivity contribution in [3.8, 4) is 11.4 Å². The maximum atomic E-state index is 13.2. The lowest BCUT2D eigenvalue weighted by molar-refractivity contribution is 0.0644. The maximum absolute atomic E-state index is 13.2. The number of rotatable bonds is 3. The molecule has 148 valence electrons. The van der Waals surface area contributed by atoms with Crippen LogP contribution < -0.4 is 10.3 Å². The zero-order valence-corrected chi connectivity index (χ0v) is 16.4. The number of fused-ring (bicyclic) bond motifs is 4. The molecule has 0 radical (unpaired) electrons. The smallest absolute Gasteiger partial charge is 0.254 e. The number of hydrogen-bond acceptors (Lipinski definition) is 4. The Kier molecular flexibility index (Phi) is 4.04. The van der Waals surface area contributed by atoms with E-state index in [4.69, 9.17) is 4.74 Å². The predicted octanol–water partition coefficient (Wildman–Crippen LogP) is 2.48. The highest BCUT2D eigenvalue weighted by Gasteiger charge is 2.44. The summed E-state index contributed by atoms with van der Waals surface area (Å²) in [6.45, 7) is 0. The third-order valence-corrected chi connectivity index (χ3v) is 6.09. The SMILES string of the molecule is COc1ccc(-n2ncc3c2C[C@H]2CC[C@@H]3N2C(=O)c2ccn(C)c(=O)c2)cc1. The van der Waals surface area contributed by atoms with E-state index >= 15 is 0 Å². The van der Waals surface area contributed by atoms with Crippen molar-refractivity contribution in [1.82, 2.24) is 19.2 Å². The topological polar surface area (TPSA) is 69.4 Å². The summed E-state index contributed by atoms with van der Waals surface area (Å²) >= 11 is 0. The van der Waals surface area contributed by atoms with Crippen LogP contribution in [-0.4, -0.2) is 38.3 Å². The Morgan fingerprint density at radius 1 is 1.17 bits per heavy atom. The average Bonchev–Trinajstić information content (AvgIpc) is 3.30. The molecule has 3 aromatic rings. The van der Waals surface area contributed by atoms with Gasteiger partial charge in [0.05, 0.1) is 30.7 Å². The maximum Gasteiger partial charge on any atom is 0.254 e. The average molecular weight is 390 g/mol. The second-order valence-corrected chi connectivity index (χ2v) is 7.68. The van der Waals surface area contributed by atoms with Crippen molar-refractivity contribution in [2.24, 2.45) is 7.05 Å². The molecule has 2 aliphatic heterocycles. The number of carbonyl (C=O) groups is 1. The van der Waals surface area contributed by atoms with Gasteiger partial charge in [-0.2, -0.15) is 5.10 Å². The summed E-state index contributed by atoms with van der Waals surface area (Å²) in [6.07, 6.45) is 6.17. The Bertz CT molecular complexity index is 1150. The predicted molar refractivity (Wildman–Crippen MR) is 107 cm³/mol. The zero-order chi connectivity index (χ0) is 20.1. The molecule has 7 heteroatoms. The van der Waals surface area contributed by atoms with E-state index < -0.39 is 0 Å². The van der Waals surface area contributed by atoms with Crippen LogP contribution in [-0.2, 0) is 13.5 Å². The molecule has 0 aliphatic carbocycles. The van der Waals surface area contributed by atoms with E-state index in [1.807, 2.05) is 40.0 Å². The standard InChI is InChI=1S/C22H22N4O3/c1-24-10-9-14(11-21(24)27)22(28)25-16-5-8-19(25)18-13-23-26(20(18)12-16)15-3-6-17(29-2)7-4-15/h3-4,6-7,9-11,13,16,19H,5,8,12H2,1-2H3/t16-,19+/m1/s1. The lowest BCUT2D eigenvalue weighted by Crippen LogP contribution is -2.42. The zero-order valence-electron chi connectivity index (χ0n) is 16.4. The van der Waals surface area contributed by atoms with Crippen LogP contribution in [0.25, 0.3) is 5.69 Å². The molecule has 0 saturated carbocycles. The van der Waals surface area contributed by atoms with Crippen LogP contribution >= 0.6 is 0 Å². The first-order valence-corrected chi connectivity index (χ1v) is 9.77. The molecule has 1 fully saturated rings. The molecule has 4 heterocycles. The monoisotopic (exact) mass is 390 g/mol. The van der Waals surface area contributed by atoms with Crippen LogP contribution in [0.15, 0.2) is 53.6 Å². The quantitative estimate of drug-likeness (QED) is 0.689. The Morgan fingerprint density at radius 3 is 2.69 bits per heavy atom. The molecular formula is C22H22N4O3. The number of pyridine rings is 1. The highest BCUT2D eigenvalue weighted by Crippen LogP contribution is 2.44. The number of nitrogens with zero attached hydrogens (tertiary/aromatic N) is 4. The molecule has 5 rings (SSSR count). The minimum absolute atomic E-state index is 0.00677. The first-order chi connectivity index (χ1) is 14.1. The number of methoxy groups -OCH3 is 1. The van der Waals surface area contributed by atoms with Gasteiger partial charge in [-0.3, -0.25) is 9.59 Å². The summed E-state index contributed by atoms with van der Waals surface area (Å²) in [5.74, 6) is 0.735. The summed E-state index contributed by atoms with van der Waals surface area (Å²) in [4.78, 5) is 27.2. The van der Waals surface area contributed by atoms with Crippen LogP contribution in [0.5, 0.6) is 5.75 Å². The fourth-order valence-electron chi connectivity index (χ4n) is 4.56. The second kappa shape index (κ2) is 6.62. The molecular weight excluding hydrogens is 368 g/mol. The van der Waals surface area contributed by atoms with Crippen LogP contribution in [0.3, 0.4) is 0 Å². The van der Waals surface area contributed by atoms with Crippen molar-refractivity contribution in [2.45, 2.75) is 31.3 Å². The summed E-state index contributed by atoms with van der Waals surface area (Å²) in [5.41, 5.74) is 3.53. The molecule has 2 bridgehead atoms. The molecule has 2 aromatic heterocycles. The Morgan fingerprint density at radius 2 is 1.97 bits per heavy atom. The summed E-state index contributed by atoms with van der Waals surface area (Å²) in [7, 11) is 3.33. The molecule has 2 atom stereocenters. The Labute approximate surface area is 168 Å². The molecule has 1 amide bonds. The Hall–Kier alpha value is -3.35. The fraction of sp³-hybridized carbons (Fsp3) is 0.318. The lowest BCUT2D eigenvalue weighted by Gasteiger charge is -2.35. The first kappa shape index (κ1) is 17.7. The van der Waals surface area contributed by atoms with Gasteiger partial charge in [-0.25, -0.2) is 4.68 Å². The number of aryl methyl sites for hydroxylation is 1. The van der Waals surface area contributed by atoms with E-state index in [1.165, 1.54) is 10.6 Å². The second-order valence-electron chi connectivity index (χ2n) is 7.68. The molecule has 0 spiro atoms. The largest absolute Gasteiger partial charge is 0.497 e. The number of amides is 1. The van der Waals surface area contributed by atoms with E-state index in [-0.39, 0.29) is 23.6 Å². The minimum Gasteiger partial charge on any atom is -0.497 e. The van der Waals surface area contributed by atoms with E-state index in [2.05, 4.69) is 5.10 Å². The third-order valence-electron chi connectivity index (χ3n) is 6.09. The minimum atomic E-state index is -0.173. The summed E-state index contributed by atoms with van der Waals surface area (Å²) < 4.78 is 8.69. The summed E-state index contributed by atoms with van der Waals surface area (Å²) in [5, 5.41) is 4.62. The van der Waals surface area contributed by atoms with Gasteiger partial charge in [-0.05, 0) is 43.2 Å².